The molecule has 154 valence electrons. The summed E-state index contributed by atoms with van der Waals surface area (Å²) >= 11 is 6.05. The van der Waals surface area contributed by atoms with Crippen LogP contribution in [0, 0.1) is 12.8 Å². The van der Waals surface area contributed by atoms with Gasteiger partial charge in [-0.1, -0.05) is 54.9 Å². The molecule has 0 aromatic heterocycles. The van der Waals surface area contributed by atoms with E-state index in [1.807, 2.05) is 43.3 Å². The molecule has 0 aliphatic rings. The Morgan fingerprint density at radius 3 is 2.28 bits per heavy atom. The van der Waals surface area contributed by atoms with Crippen molar-refractivity contribution in [1.82, 2.24) is 10.9 Å². The van der Waals surface area contributed by atoms with Crippen LogP contribution in [0.5, 0.6) is 0 Å². The number of anilines is 1. The molecule has 2 aromatic carbocycles. The molecule has 6 nitrogen and oxygen atoms in total. The Balaban J connectivity index is 1.66. The molecular formula is C22H26ClN3O3. The predicted molar refractivity (Wildman–Crippen MR) is 114 cm³/mol. The first kappa shape index (κ1) is 22.4. The molecule has 0 bridgehead atoms. The summed E-state index contributed by atoms with van der Waals surface area (Å²) < 4.78 is 0. The fourth-order valence-corrected chi connectivity index (χ4v) is 2.92. The molecule has 0 aliphatic heterocycles. The summed E-state index contributed by atoms with van der Waals surface area (Å²) in [5, 5.41) is 3.35. The SMILES string of the molecule is Cc1ccc(NC(=O)CC(C)CC(=O)NNC(=O)CCc2ccccc2)cc1Cl. The van der Waals surface area contributed by atoms with Gasteiger partial charge in [0.15, 0.2) is 0 Å². The van der Waals surface area contributed by atoms with Crippen LogP contribution < -0.4 is 16.2 Å². The molecule has 0 spiro atoms. The number of hydrogen-bond acceptors (Lipinski definition) is 3. The summed E-state index contributed by atoms with van der Waals surface area (Å²) in [6.07, 6.45) is 1.19. The summed E-state index contributed by atoms with van der Waals surface area (Å²) in [6, 6.07) is 14.9. The summed E-state index contributed by atoms with van der Waals surface area (Å²) in [5.41, 5.74) is 7.42. The van der Waals surface area contributed by atoms with Crippen molar-refractivity contribution in [3.05, 3.63) is 64.7 Å². The molecular weight excluding hydrogens is 390 g/mol. The quantitative estimate of drug-likeness (QED) is 0.573. The number of hydrazine groups is 1. The van der Waals surface area contributed by atoms with Crippen molar-refractivity contribution < 1.29 is 14.4 Å². The van der Waals surface area contributed by atoms with Crippen molar-refractivity contribution >= 4 is 35.0 Å². The van der Waals surface area contributed by atoms with E-state index < -0.39 is 0 Å². The number of aryl methyl sites for hydroxylation is 2. The predicted octanol–water partition coefficient (Wildman–Crippen LogP) is 3.78. The third-order valence-corrected chi connectivity index (χ3v) is 4.76. The van der Waals surface area contributed by atoms with Crippen LogP contribution in [0.4, 0.5) is 5.69 Å². The Morgan fingerprint density at radius 2 is 1.59 bits per heavy atom. The number of amides is 3. The van der Waals surface area contributed by atoms with Crippen LogP contribution in [0.1, 0.15) is 37.3 Å². The van der Waals surface area contributed by atoms with Gasteiger partial charge in [-0.25, -0.2) is 0 Å². The van der Waals surface area contributed by atoms with E-state index in [0.717, 1.165) is 11.1 Å². The smallest absolute Gasteiger partial charge is 0.238 e. The van der Waals surface area contributed by atoms with E-state index in [-0.39, 0.29) is 42.9 Å². The number of halogens is 1. The van der Waals surface area contributed by atoms with Crippen molar-refractivity contribution in [3.63, 3.8) is 0 Å². The highest BCUT2D eigenvalue weighted by Gasteiger charge is 2.14. The van der Waals surface area contributed by atoms with Gasteiger partial charge < -0.3 is 5.32 Å². The van der Waals surface area contributed by atoms with Gasteiger partial charge >= 0.3 is 0 Å². The molecule has 2 aromatic rings. The first-order valence-electron chi connectivity index (χ1n) is 9.51. The second-order valence-corrected chi connectivity index (χ2v) is 7.51. The minimum atomic E-state index is -0.336. The minimum absolute atomic E-state index is 0.126. The number of rotatable bonds is 8. The van der Waals surface area contributed by atoms with E-state index in [0.29, 0.717) is 17.1 Å². The van der Waals surface area contributed by atoms with Gasteiger partial charge in [0.25, 0.3) is 0 Å². The number of carbonyl (C=O) groups excluding carboxylic acids is 3. The summed E-state index contributed by atoms with van der Waals surface area (Å²) in [6.45, 7) is 3.69. The van der Waals surface area contributed by atoms with Crippen molar-refractivity contribution in [2.45, 2.75) is 39.5 Å². The molecule has 1 unspecified atom stereocenters. The van der Waals surface area contributed by atoms with E-state index in [9.17, 15) is 14.4 Å². The lowest BCUT2D eigenvalue weighted by atomic mass is 10.0. The van der Waals surface area contributed by atoms with Crippen LogP contribution in [0.25, 0.3) is 0 Å². The summed E-state index contributed by atoms with van der Waals surface area (Å²) in [7, 11) is 0. The molecule has 1 atom stereocenters. The van der Waals surface area contributed by atoms with Gasteiger partial charge in [-0.2, -0.15) is 0 Å². The molecule has 0 saturated carbocycles. The highest BCUT2D eigenvalue weighted by atomic mass is 35.5. The van der Waals surface area contributed by atoms with Crippen LogP contribution in [0.15, 0.2) is 48.5 Å². The fraction of sp³-hybridized carbons (Fsp3) is 0.318. The lowest BCUT2D eigenvalue weighted by Gasteiger charge is -2.13. The first-order chi connectivity index (χ1) is 13.8. The summed E-state index contributed by atoms with van der Waals surface area (Å²) in [4.78, 5) is 35.9. The van der Waals surface area contributed by atoms with Crippen LogP contribution >= 0.6 is 11.6 Å². The molecule has 29 heavy (non-hydrogen) atoms. The molecule has 0 aliphatic carbocycles. The lowest BCUT2D eigenvalue weighted by molar-refractivity contribution is -0.129. The van der Waals surface area contributed by atoms with Gasteiger partial charge in [-0.3, -0.25) is 25.2 Å². The number of nitrogens with one attached hydrogen (secondary N) is 3. The normalized spacial score (nSPS) is 11.4. The van der Waals surface area contributed by atoms with Gasteiger partial charge in [0.1, 0.15) is 0 Å². The van der Waals surface area contributed by atoms with Crippen molar-refractivity contribution in [2.24, 2.45) is 5.92 Å². The second kappa shape index (κ2) is 11.2. The van der Waals surface area contributed by atoms with Crippen molar-refractivity contribution in [2.75, 3.05) is 5.32 Å². The van der Waals surface area contributed by atoms with E-state index in [1.54, 1.807) is 19.1 Å². The maximum absolute atomic E-state index is 12.1. The minimum Gasteiger partial charge on any atom is -0.326 e. The van der Waals surface area contributed by atoms with Crippen LogP contribution in [-0.2, 0) is 20.8 Å². The molecule has 0 saturated heterocycles. The average molecular weight is 416 g/mol. The maximum atomic E-state index is 12.1. The Kier molecular flexibility index (Phi) is 8.68. The van der Waals surface area contributed by atoms with E-state index >= 15 is 0 Å². The number of hydrogen-bond donors (Lipinski definition) is 3. The molecule has 0 fully saturated rings. The fourth-order valence-electron chi connectivity index (χ4n) is 2.74. The Hall–Kier alpha value is -2.86. The van der Waals surface area contributed by atoms with Crippen LogP contribution in [0.2, 0.25) is 5.02 Å². The molecule has 0 heterocycles. The Bertz CT molecular complexity index is 856. The van der Waals surface area contributed by atoms with Crippen molar-refractivity contribution in [1.29, 1.82) is 0 Å². The maximum Gasteiger partial charge on any atom is 0.238 e. The van der Waals surface area contributed by atoms with E-state index in [4.69, 9.17) is 11.6 Å². The van der Waals surface area contributed by atoms with Crippen LogP contribution in [-0.4, -0.2) is 17.7 Å². The molecule has 3 amide bonds. The highest BCUT2D eigenvalue weighted by molar-refractivity contribution is 6.31. The van der Waals surface area contributed by atoms with Gasteiger partial charge in [0.05, 0.1) is 0 Å². The molecule has 7 heteroatoms. The lowest BCUT2D eigenvalue weighted by Crippen LogP contribution is -2.42. The Morgan fingerprint density at radius 1 is 0.931 bits per heavy atom. The standard InChI is InChI=1S/C22H26ClN3O3/c1-15(12-21(28)24-18-10-8-16(2)19(23)14-18)13-22(29)26-25-20(27)11-9-17-6-4-3-5-7-17/h3-8,10,14-15H,9,11-13H2,1-2H3,(H,24,28)(H,25,27)(H,26,29). The Labute approximate surface area is 176 Å². The van der Waals surface area contributed by atoms with E-state index in [2.05, 4.69) is 16.2 Å². The largest absolute Gasteiger partial charge is 0.326 e. The van der Waals surface area contributed by atoms with E-state index in [1.165, 1.54) is 0 Å². The second-order valence-electron chi connectivity index (χ2n) is 7.11. The van der Waals surface area contributed by atoms with Gasteiger partial charge in [0, 0.05) is 30.0 Å². The zero-order chi connectivity index (χ0) is 21.2. The highest BCUT2D eigenvalue weighted by Crippen LogP contribution is 2.20. The molecule has 3 N–H and O–H groups in total. The molecule has 0 radical (unpaired) electrons. The zero-order valence-corrected chi connectivity index (χ0v) is 17.4. The van der Waals surface area contributed by atoms with Gasteiger partial charge in [0.2, 0.25) is 17.7 Å². The van der Waals surface area contributed by atoms with Crippen LogP contribution in [0.3, 0.4) is 0 Å². The van der Waals surface area contributed by atoms with Crippen molar-refractivity contribution in [3.8, 4) is 0 Å². The van der Waals surface area contributed by atoms with Gasteiger partial charge in [-0.05, 0) is 42.5 Å². The third kappa shape index (κ3) is 8.35. The third-order valence-electron chi connectivity index (χ3n) is 4.35. The first-order valence-corrected chi connectivity index (χ1v) is 9.89. The topological polar surface area (TPSA) is 87.3 Å². The summed E-state index contributed by atoms with van der Waals surface area (Å²) in [5.74, 6) is -0.977. The zero-order valence-electron chi connectivity index (χ0n) is 16.6. The monoisotopic (exact) mass is 415 g/mol. The number of benzene rings is 2. The molecule has 2 rings (SSSR count). The van der Waals surface area contributed by atoms with Gasteiger partial charge in [-0.15, -0.1) is 0 Å². The number of carbonyl (C=O) groups is 3. The average Bonchev–Trinajstić information content (AvgIpc) is 2.68.